The van der Waals surface area contributed by atoms with Gasteiger partial charge in [0.15, 0.2) is 0 Å². The zero-order chi connectivity index (χ0) is 10.4. The molecule has 0 N–H and O–H groups in total. The van der Waals surface area contributed by atoms with Gasteiger partial charge in [0.2, 0.25) is 0 Å². The van der Waals surface area contributed by atoms with Crippen LogP contribution in [0.15, 0.2) is 24.3 Å². The van der Waals surface area contributed by atoms with E-state index in [-0.39, 0.29) is 0 Å². The molecule has 0 amide bonds. The highest BCUT2D eigenvalue weighted by Crippen LogP contribution is 2.23. The fraction of sp³-hybridized carbons (Fsp3) is 0.273. The largest absolute Gasteiger partial charge is 0.497 e. The number of hydrogen-bond acceptors (Lipinski definition) is 3. The smallest absolute Gasteiger partial charge is 0.123 e. The molecule has 0 aliphatic heterocycles. The van der Waals surface area contributed by atoms with Gasteiger partial charge in [-0.1, -0.05) is 12.2 Å². The molecular weight excluding hydrogens is 196 g/mol. The Kier molecular flexibility index (Phi) is 4.40. The number of rotatable bonds is 4. The number of hydrogen-bond donors (Lipinski definition) is 1. The van der Waals surface area contributed by atoms with E-state index in [1.54, 1.807) is 14.2 Å². The van der Waals surface area contributed by atoms with E-state index in [0.717, 1.165) is 22.8 Å². The molecule has 0 saturated carbocycles. The molecule has 1 rings (SSSR count). The van der Waals surface area contributed by atoms with Crippen molar-refractivity contribution in [2.75, 3.05) is 20.0 Å². The van der Waals surface area contributed by atoms with Gasteiger partial charge < -0.3 is 9.47 Å². The Morgan fingerprint density at radius 2 is 1.71 bits per heavy atom. The van der Waals surface area contributed by atoms with E-state index in [1.807, 2.05) is 30.4 Å². The maximum atomic E-state index is 5.14. The molecule has 0 aromatic heterocycles. The van der Waals surface area contributed by atoms with Crippen LogP contribution in [0.5, 0.6) is 11.5 Å². The predicted octanol–water partition coefficient (Wildman–Crippen LogP) is 2.65. The Morgan fingerprint density at radius 1 is 1.14 bits per heavy atom. The molecule has 0 unspecified atom stereocenters. The van der Waals surface area contributed by atoms with Crippen molar-refractivity contribution in [3.63, 3.8) is 0 Å². The molecule has 0 heterocycles. The second-order valence-corrected chi connectivity index (χ2v) is 3.10. The minimum absolute atomic E-state index is 0.722. The number of thiol groups is 1. The Bertz CT molecular complexity index is 299. The van der Waals surface area contributed by atoms with E-state index in [1.165, 1.54) is 0 Å². The molecule has 1 aromatic rings. The van der Waals surface area contributed by atoms with Crippen molar-refractivity contribution in [1.29, 1.82) is 0 Å². The molecular formula is C11H14O2S. The van der Waals surface area contributed by atoms with Crippen LogP contribution in [-0.2, 0) is 0 Å². The molecule has 0 fully saturated rings. The van der Waals surface area contributed by atoms with E-state index < -0.39 is 0 Å². The highest BCUT2D eigenvalue weighted by atomic mass is 32.1. The summed E-state index contributed by atoms with van der Waals surface area (Å²) in [6, 6.07) is 5.74. The molecule has 1 aromatic carbocycles. The number of ether oxygens (including phenoxy) is 2. The third kappa shape index (κ3) is 3.00. The molecule has 0 radical (unpaired) electrons. The Morgan fingerprint density at radius 3 is 2.14 bits per heavy atom. The summed E-state index contributed by atoms with van der Waals surface area (Å²) < 4.78 is 10.3. The van der Waals surface area contributed by atoms with Gasteiger partial charge in [-0.05, 0) is 17.7 Å². The highest BCUT2D eigenvalue weighted by Gasteiger charge is 1.98. The first-order valence-corrected chi connectivity index (χ1v) is 4.94. The van der Waals surface area contributed by atoms with E-state index in [0.29, 0.717) is 0 Å². The predicted molar refractivity (Wildman–Crippen MR) is 62.4 cm³/mol. The summed E-state index contributed by atoms with van der Waals surface area (Å²) in [5.74, 6) is 2.31. The first-order valence-electron chi connectivity index (χ1n) is 4.30. The second-order valence-electron chi connectivity index (χ2n) is 2.73. The lowest BCUT2D eigenvalue weighted by Gasteiger charge is -2.05. The summed E-state index contributed by atoms with van der Waals surface area (Å²) in [6.45, 7) is 0. The molecule has 3 heteroatoms. The minimum Gasteiger partial charge on any atom is -0.497 e. The zero-order valence-electron chi connectivity index (χ0n) is 8.36. The van der Waals surface area contributed by atoms with Crippen molar-refractivity contribution < 1.29 is 9.47 Å². The fourth-order valence-electron chi connectivity index (χ4n) is 1.11. The van der Waals surface area contributed by atoms with Gasteiger partial charge in [-0.3, -0.25) is 0 Å². The van der Waals surface area contributed by atoms with Crippen LogP contribution in [0.2, 0.25) is 0 Å². The van der Waals surface area contributed by atoms with Gasteiger partial charge in [0.1, 0.15) is 11.5 Å². The van der Waals surface area contributed by atoms with Gasteiger partial charge in [0.25, 0.3) is 0 Å². The quantitative estimate of drug-likeness (QED) is 0.770. The molecule has 0 bridgehead atoms. The third-order valence-corrected chi connectivity index (χ3v) is 2.00. The first kappa shape index (κ1) is 11.0. The van der Waals surface area contributed by atoms with Crippen LogP contribution < -0.4 is 9.47 Å². The van der Waals surface area contributed by atoms with E-state index in [9.17, 15) is 0 Å². The Balaban J connectivity index is 2.98. The molecule has 0 spiro atoms. The topological polar surface area (TPSA) is 18.5 Å². The summed E-state index contributed by atoms with van der Waals surface area (Å²) in [5, 5.41) is 0. The van der Waals surface area contributed by atoms with Gasteiger partial charge in [0, 0.05) is 11.8 Å². The van der Waals surface area contributed by atoms with Crippen molar-refractivity contribution in [3.05, 3.63) is 29.8 Å². The summed E-state index contributed by atoms with van der Waals surface area (Å²) in [4.78, 5) is 0. The maximum Gasteiger partial charge on any atom is 0.123 e. The molecule has 14 heavy (non-hydrogen) atoms. The molecule has 2 nitrogen and oxygen atoms in total. The standard InChI is InChI=1S/C11H14O2S/c1-12-10-6-9(4-3-5-14)7-11(8-10)13-2/h3-4,6-8,14H,5H2,1-2H3. The van der Waals surface area contributed by atoms with E-state index in [4.69, 9.17) is 9.47 Å². The van der Waals surface area contributed by atoms with Gasteiger partial charge in [0.05, 0.1) is 14.2 Å². The van der Waals surface area contributed by atoms with E-state index in [2.05, 4.69) is 12.6 Å². The molecule has 76 valence electrons. The normalized spacial score (nSPS) is 10.5. The van der Waals surface area contributed by atoms with Crippen LogP contribution >= 0.6 is 12.6 Å². The summed E-state index contributed by atoms with van der Waals surface area (Å²) >= 11 is 4.10. The Labute approximate surface area is 89.9 Å². The average molecular weight is 210 g/mol. The Hall–Kier alpha value is -1.09. The van der Waals surface area contributed by atoms with Crippen LogP contribution in [0.3, 0.4) is 0 Å². The summed E-state index contributed by atoms with van der Waals surface area (Å²) in [6.07, 6.45) is 3.95. The molecule has 0 atom stereocenters. The fourth-order valence-corrected chi connectivity index (χ4v) is 1.22. The monoisotopic (exact) mass is 210 g/mol. The zero-order valence-corrected chi connectivity index (χ0v) is 9.25. The van der Waals surface area contributed by atoms with Gasteiger partial charge in [-0.15, -0.1) is 0 Å². The van der Waals surface area contributed by atoms with Crippen molar-refractivity contribution in [2.24, 2.45) is 0 Å². The van der Waals surface area contributed by atoms with Crippen LogP contribution in [0, 0.1) is 0 Å². The second kappa shape index (κ2) is 5.60. The van der Waals surface area contributed by atoms with Crippen LogP contribution in [0.4, 0.5) is 0 Å². The van der Waals surface area contributed by atoms with Crippen molar-refractivity contribution >= 4 is 18.7 Å². The van der Waals surface area contributed by atoms with Crippen molar-refractivity contribution in [2.45, 2.75) is 0 Å². The number of benzene rings is 1. The van der Waals surface area contributed by atoms with Crippen molar-refractivity contribution in [1.82, 2.24) is 0 Å². The minimum atomic E-state index is 0.722. The highest BCUT2D eigenvalue weighted by molar-refractivity contribution is 7.80. The maximum absolute atomic E-state index is 5.14. The number of methoxy groups -OCH3 is 2. The van der Waals surface area contributed by atoms with Gasteiger partial charge in [-0.25, -0.2) is 0 Å². The van der Waals surface area contributed by atoms with Crippen LogP contribution in [0.1, 0.15) is 5.56 Å². The lowest BCUT2D eigenvalue weighted by Crippen LogP contribution is -1.88. The molecule has 0 saturated heterocycles. The molecule has 0 aliphatic rings. The van der Waals surface area contributed by atoms with Crippen LogP contribution in [-0.4, -0.2) is 20.0 Å². The lowest BCUT2D eigenvalue weighted by molar-refractivity contribution is 0.394. The van der Waals surface area contributed by atoms with Crippen molar-refractivity contribution in [3.8, 4) is 11.5 Å². The van der Waals surface area contributed by atoms with Gasteiger partial charge >= 0.3 is 0 Å². The molecule has 0 aliphatic carbocycles. The average Bonchev–Trinajstić information content (AvgIpc) is 2.25. The van der Waals surface area contributed by atoms with Gasteiger partial charge in [-0.2, -0.15) is 12.6 Å². The SMILES string of the molecule is COc1cc(C=CCS)cc(OC)c1. The van der Waals surface area contributed by atoms with Crippen LogP contribution in [0.25, 0.3) is 6.08 Å². The lowest BCUT2D eigenvalue weighted by atomic mass is 10.2. The summed E-state index contributed by atoms with van der Waals surface area (Å²) in [7, 11) is 3.28. The summed E-state index contributed by atoms with van der Waals surface area (Å²) in [5.41, 5.74) is 1.05. The first-order chi connectivity index (χ1) is 6.80. The van der Waals surface area contributed by atoms with E-state index >= 15 is 0 Å². The third-order valence-electron chi connectivity index (χ3n) is 1.79.